The van der Waals surface area contributed by atoms with E-state index in [0.29, 0.717) is 0 Å². The number of thiophene rings is 1. The predicted molar refractivity (Wildman–Crippen MR) is 80.9 cm³/mol. The Kier molecular flexibility index (Phi) is 4.94. The summed E-state index contributed by atoms with van der Waals surface area (Å²) in [4.78, 5) is 1.23. The molecule has 7 heteroatoms. The first kappa shape index (κ1) is 14.2. The molecule has 0 aliphatic rings. The summed E-state index contributed by atoms with van der Waals surface area (Å²) in [6.45, 7) is 3.03. The van der Waals surface area contributed by atoms with Gasteiger partial charge in [0.15, 0.2) is 0 Å². The lowest BCUT2D eigenvalue weighted by Crippen LogP contribution is -2.20. The second-order valence-electron chi connectivity index (χ2n) is 3.87. The first-order chi connectivity index (χ1) is 8.67. The van der Waals surface area contributed by atoms with Crippen molar-refractivity contribution < 1.29 is 0 Å². The molecule has 0 spiro atoms. The van der Waals surface area contributed by atoms with E-state index < -0.39 is 0 Å². The Morgan fingerprint density at radius 3 is 2.83 bits per heavy atom. The second kappa shape index (κ2) is 6.27. The third-order valence-electron chi connectivity index (χ3n) is 2.62. The molecule has 0 bridgehead atoms. The Morgan fingerprint density at radius 2 is 2.28 bits per heavy atom. The highest BCUT2D eigenvalue weighted by molar-refractivity contribution is 9.13. The Bertz CT molecular complexity index is 503. The Labute approximate surface area is 127 Å². The van der Waals surface area contributed by atoms with Crippen molar-refractivity contribution in [1.29, 1.82) is 0 Å². The third-order valence-corrected chi connectivity index (χ3v) is 5.94. The van der Waals surface area contributed by atoms with Crippen LogP contribution in [0.15, 0.2) is 20.5 Å². The van der Waals surface area contributed by atoms with E-state index in [2.05, 4.69) is 60.5 Å². The van der Waals surface area contributed by atoms with Gasteiger partial charge in [0.25, 0.3) is 0 Å². The van der Waals surface area contributed by atoms with Crippen LogP contribution in [0, 0.1) is 0 Å². The Balaban J connectivity index is 2.35. The van der Waals surface area contributed by atoms with Crippen LogP contribution in [-0.2, 0) is 6.54 Å². The number of hydrogen-bond acceptors (Lipinski definition) is 4. The SMILES string of the molecule is CCCn1nncc1C(NC)c1cc(Br)c(Br)s1. The van der Waals surface area contributed by atoms with Crippen molar-refractivity contribution in [2.75, 3.05) is 7.05 Å². The van der Waals surface area contributed by atoms with Gasteiger partial charge < -0.3 is 5.32 Å². The van der Waals surface area contributed by atoms with Crippen molar-refractivity contribution in [2.24, 2.45) is 0 Å². The normalized spacial score (nSPS) is 12.9. The maximum absolute atomic E-state index is 4.14. The highest BCUT2D eigenvalue weighted by atomic mass is 79.9. The van der Waals surface area contributed by atoms with Crippen LogP contribution in [0.3, 0.4) is 0 Å². The summed E-state index contributed by atoms with van der Waals surface area (Å²) >= 11 is 8.77. The lowest BCUT2D eigenvalue weighted by atomic mass is 10.2. The molecule has 0 saturated carbocycles. The highest BCUT2D eigenvalue weighted by Gasteiger charge is 2.20. The molecule has 2 aromatic heterocycles. The Hall–Kier alpha value is -0.240. The Morgan fingerprint density at radius 1 is 1.50 bits per heavy atom. The highest BCUT2D eigenvalue weighted by Crippen LogP contribution is 2.37. The van der Waals surface area contributed by atoms with Gasteiger partial charge in [-0.25, -0.2) is 4.68 Å². The summed E-state index contributed by atoms with van der Waals surface area (Å²) in [5, 5.41) is 11.5. The van der Waals surface area contributed by atoms with Gasteiger partial charge >= 0.3 is 0 Å². The number of halogens is 2. The van der Waals surface area contributed by atoms with E-state index in [9.17, 15) is 0 Å². The standard InChI is InChI=1S/C11H14Br2N4S/c1-3-4-17-8(6-15-16-17)10(14-2)9-5-7(12)11(13)18-9/h5-6,10,14H,3-4H2,1-2H3. The molecular formula is C11H14Br2N4S. The van der Waals surface area contributed by atoms with E-state index in [0.717, 1.165) is 26.9 Å². The van der Waals surface area contributed by atoms with Crippen LogP contribution in [-0.4, -0.2) is 22.0 Å². The summed E-state index contributed by atoms with van der Waals surface area (Å²) in [7, 11) is 1.95. The van der Waals surface area contributed by atoms with Crippen LogP contribution in [0.4, 0.5) is 0 Å². The fraction of sp³-hybridized carbons (Fsp3) is 0.455. The van der Waals surface area contributed by atoms with Crippen molar-refractivity contribution >= 4 is 43.2 Å². The molecule has 0 fully saturated rings. The zero-order chi connectivity index (χ0) is 13.1. The maximum atomic E-state index is 4.14. The van der Waals surface area contributed by atoms with Gasteiger partial charge in [-0.15, -0.1) is 16.4 Å². The van der Waals surface area contributed by atoms with Gasteiger partial charge in [-0.05, 0) is 51.4 Å². The quantitative estimate of drug-likeness (QED) is 0.843. The van der Waals surface area contributed by atoms with E-state index in [1.807, 2.05) is 17.9 Å². The molecule has 1 N–H and O–H groups in total. The van der Waals surface area contributed by atoms with E-state index in [1.165, 1.54) is 4.88 Å². The van der Waals surface area contributed by atoms with Crippen LogP contribution in [0.25, 0.3) is 0 Å². The van der Waals surface area contributed by atoms with Crippen molar-refractivity contribution in [3.8, 4) is 0 Å². The van der Waals surface area contributed by atoms with Gasteiger partial charge in [-0.2, -0.15) is 0 Å². The van der Waals surface area contributed by atoms with Crippen molar-refractivity contribution in [2.45, 2.75) is 25.9 Å². The molecule has 1 atom stereocenters. The molecule has 0 radical (unpaired) electrons. The second-order valence-corrected chi connectivity index (χ2v) is 7.13. The summed E-state index contributed by atoms with van der Waals surface area (Å²) in [6.07, 6.45) is 2.88. The molecular weight excluding hydrogens is 380 g/mol. The van der Waals surface area contributed by atoms with Crippen molar-refractivity contribution in [3.05, 3.63) is 31.1 Å². The van der Waals surface area contributed by atoms with Crippen molar-refractivity contribution in [3.63, 3.8) is 0 Å². The number of nitrogens with one attached hydrogen (secondary N) is 1. The van der Waals surface area contributed by atoms with Crippen LogP contribution in [0.2, 0.25) is 0 Å². The zero-order valence-corrected chi connectivity index (χ0v) is 14.1. The monoisotopic (exact) mass is 392 g/mol. The number of rotatable bonds is 5. The van der Waals surface area contributed by atoms with Crippen LogP contribution >= 0.6 is 43.2 Å². The van der Waals surface area contributed by atoms with E-state index >= 15 is 0 Å². The molecule has 2 rings (SSSR count). The average Bonchev–Trinajstić information content (AvgIpc) is 2.90. The molecule has 98 valence electrons. The molecule has 0 amide bonds. The van der Waals surface area contributed by atoms with Crippen LogP contribution in [0.5, 0.6) is 0 Å². The summed E-state index contributed by atoms with van der Waals surface area (Å²) in [5.41, 5.74) is 1.10. The molecule has 0 saturated heterocycles. The van der Waals surface area contributed by atoms with Gasteiger partial charge in [0.1, 0.15) is 0 Å². The number of nitrogens with zero attached hydrogens (tertiary/aromatic N) is 3. The van der Waals surface area contributed by atoms with Gasteiger partial charge in [-0.3, -0.25) is 0 Å². The largest absolute Gasteiger partial charge is 0.307 e. The number of hydrogen-bond donors (Lipinski definition) is 1. The van der Waals surface area contributed by atoms with Crippen LogP contribution < -0.4 is 5.32 Å². The lowest BCUT2D eigenvalue weighted by Gasteiger charge is -2.15. The minimum Gasteiger partial charge on any atom is -0.307 e. The average molecular weight is 394 g/mol. The maximum Gasteiger partial charge on any atom is 0.0856 e. The first-order valence-corrected chi connectivity index (χ1v) is 8.08. The minimum atomic E-state index is 0.124. The van der Waals surface area contributed by atoms with Crippen LogP contribution in [0.1, 0.15) is 30.0 Å². The van der Waals surface area contributed by atoms with Gasteiger partial charge in [0.2, 0.25) is 0 Å². The molecule has 0 aliphatic heterocycles. The number of aromatic nitrogens is 3. The molecule has 0 aliphatic carbocycles. The predicted octanol–water partition coefficient (Wildman–Crippen LogP) is 3.58. The molecule has 18 heavy (non-hydrogen) atoms. The lowest BCUT2D eigenvalue weighted by molar-refractivity contribution is 0.526. The number of aryl methyl sites for hydroxylation is 1. The summed E-state index contributed by atoms with van der Waals surface area (Å²) < 4.78 is 4.15. The van der Waals surface area contributed by atoms with E-state index in [1.54, 1.807) is 11.3 Å². The summed E-state index contributed by atoms with van der Waals surface area (Å²) in [6, 6.07) is 2.25. The fourth-order valence-corrected chi connectivity index (χ4v) is 4.03. The summed E-state index contributed by atoms with van der Waals surface area (Å²) in [5.74, 6) is 0. The third kappa shape index (κ3) is 2.84. The smallest absolute Gasteiger partial charge is 0.0856 e. The molecule has 4 nitrogen and oxygen atoms in total. The first-order valence-electron chi connectivity index (χ1n) is 5.67. The van der Waals surface area contributed by atoms with Gasteiger partial charge in [-0.1, -0.05) is 12.1 Å². The molecule has 2 aromatic rings. The molecule has 1 unspecified atom stereocenters. The molecule has 0 aromatic carbocycles. The van der Waals surface area contributed by atoms with Crippen molar-refractivity contribution in [1.82, 2.24) is 20.3 Å². The topological polar surface area (TPSA) is 42.7 Å². The van der Waals surface area contributed by atoms with E-state index in [-0.39, 0.29) is 6.04 Å². The minimum absolute atomic E-state index is 0.124. The molecule has 2 heterocycles. The zero-order valence-electron chi connectivity index (χ0n) is 10.2. The fourth-order valence-electron chi connectivity index (χ4n) is 1.82. The van der Waals surface area contributed by atoms with Gasteiger partial charge in [0, 0.05) is 15.9 Å². The van der Waals surface area contributed by atoms with E-state index in [4.69, 9.17) is 0 Å². The van der Waals surface area contributed by atoms with Gasteiger partial charge in [0.05, 0.1) is 21.7 Å².